The molecule has 1 atom stereocenters. The molecule has 22 heavy (non-hydrogen) atoms. The largest absolute Gasteiger partial charge is 0.370 e. The van der Waals surface area contributed by atoms with E-state index in [1.54, 1.807) is 0 Å². The molecule has 0 radical (unpaired) electrons. The summed E-state index contributed by atoms with van der Waals surface area (Å²) in [6.45, 7) is 5.75. The molecule has 0 aromatic rings. The van der Waals surface area contributed by atoms with E-state index in [2.05, 4.69) is 23.4 Å². The maximum absolute atomic E-state index is 11.1. The molecule has 1 heterocycles. The number of piperidine rings is 1. The SMILES string of the molecule is CCNC(=NCCCCSC)N1CCCC(CC(N)=O)C1.I. The first-order valence-corrected chi connectivity index (χ1v) is 9.37. The third-order valence-corrected chi connectivity index (χ3v) is 4.36. The van der Waals surface area contributed by atoms with E-state index in [4.69, 9.17) is 10.7 Å². The van der Waals surface area contributed by atoms with Crippen molar-refractivity contribution in [3.8, 4) is 0 Å². The van der Waals surface area contributed by atoms with Crippen LogP contribution in [0.2, 0.25) is 0 Å². The molecule has 0 aromatic heterocycles. The highest BCUT2D eigenvalue weighted by molar-refractivity contribution is 14.0. The molecule has 0 saturated carbocycles. The molecule has 1 fully saturated rings. The standard InChI is InChI=1S/C15H30N4OS.HI/c1-3-17-15(18-8-4-5-10-21-2)19-9-6-7-13(12-19)11-14(16)20;/h13H,3-12H2,1-2H3,(H2,16,20)(H,17,18);1H. The lowest BCUT2D eigenvalue weighted by molar-refractivity contribution is -0.119. The highest BCUT2D eigenvalue weighted by atomic mass is 127. The number of aliphatic imine (C=N–C) groups is 1. The van der Waals surface area contributed by atoms with E-state index in [0.29, 0.717) is 12.3 Å². The van der Waals surface area contributed by atoms with Gasteiger partial charge in [0.25, 0.3) is 0 Å². The Morgan fingerprint density at radius 2 is 2.23 bits per heavy atom. The minimum absolute atomic E-state index is 0. The van der Waals surface area contributed by atoms with Crippen LogP contribution in [0.5, 0.6) is 0 Å². The van der Waals surface area contributed by atoms with E-state index in [1.165, 1.54) is 12.2 Å². The fraction of sp³-hybridized carbons (Fsp3) is 0.867. The molecule has 1 unspecified atom stereocenters. The quantitative estimate of drug-likeness (QED) is 0.262. The Kier molecular flexibility index (Phi) is 13.2. The van der Waals surface area contributed by atoms with Crippen molar-refractivity contribution in [2.24, 2.45) is 16.6 Å². The Labute approximate surface area is 156 Å². The number of guanidine groups is 1. The molecular formula is C15H31IN4OS. The van der Waals surface area contributed by atoms with Gasteiger partial charge in [-0.05, 0) is 50.5 Å². The number of likely N-dealkylation sites (tertiary alicyclic amines) is 1. The normalized spacial score (nSPS) is 18.7. The number of amides is 1. The Balaban J connectivity index is 0.00000441. The second kappa shape index (κ2) is 13.3. The van der Waals surface area contributed by atoms with E-state index in [1.807, 2.05) is 11.8 Å². The lowest BCUT2D eigenvalue weighted by Gasteiger charge is -2.34. The van der Waals surface area contributed by atoms with Gasteiger partial charge in [-0.1, -0.05) is 0 Å². The van der Waals surface area contributed by atoms with Crippen molar-refractivity contribution in [3.63, 3.8) is 0 Å². The van der Waals surface area contributed by atoms with Gasteiger partial charge in [0.1, 0.15) is 0 Å². The number of carbonyl (C=O) groups is 1. The lowest BCUT2D eigenvalue weighted by Crippen LogP contribution is -2.47. The number of nitrogens with one attached hydrogen (secondary N) is 1. The molecule has 1 amide bonds. The van der Waals surface area contributed by atoms with Gasteiger partial charge in [-0.2, -0.15) is 11.8 Å². The Bertz CT molecular complexity index is 342. The van der Waals surface area contributed by atoms with E-state index >= 15 is 0 Å². The first kappa shape index (κ1) is 21.8. The molecule has 0 bridgehead atoms. The molecule has 0 aromatic carbocycles. The Hall–Kier alpha value is -0.180. The first-order chi connectivity index (χ1) is 10.2. The number of unbranched alkanes of at least 4 members (excludes halogenated alkanes) is 1. The first-order valence-electron chi connectivity index (χ1n) is 7.97. The predicted molar refractivity (Wildman–Crippen MR) is 107 cm³/mol. The van der Waals surface area contributed by atoms with Gasteiger partial charge >= 0.3 is 0 Å². The summed E-state index contributed by atoms with van der Waals surface area (Å²) in [5, 5.41) is 3.37. The topological polar surface area (TPSA) is 70.7 Å². The van der Waals surface area contributed by atoms with E-state index in [9.17, 15) is 4.79 Å². The number of primary amides is 1. The third-order valence-electron chi connectivity index (χ3n) is 3.66. The molecule has 7 heteroatoms. The molecule has 1 aliphatic heterocycles. The summed E-state index contributed by atoms with van der Waals surface area (Å²) in [5.41, 5.74) is 5.32. The van der Waals surface area contributed by atoms with Crippen molar-refractivity contribution in [2.75, 3.05) is 38.2 Å². The smallest absolute Gasteiger partial charge is 0.217 e. The average Bonchev–Trinajstić information content (AvgIpc) is 2.45. The van der Waals surface area contributed by atoms with Gasteiger partial charge < -0.3 is 16.0 Å². The van der Waals surface area contributed by atoms with Crippen LogP contribution in [0.4, 0.5) is 0 Å². The van der Waals surface area contributed by atoms with Crippen LogP contribution in [0.15, 0.2) is 4.99 Å². The fourth-order valence-electron chi connectivity index (χ4n) is 2.68. The van der Waals surface area contributed by atoms with Gasteiger partial charge in [-0.25, -0.2) is 0 Å². The number of hydrogen-bond acceptors (Lipinski definition) is 3. The summed E-state index contributed by atoms with van der Waals surface area (Å²) in [7, 11) is 0. The maximum Gasteiger partial charge on any atom is 0.217 e. The van der Waals surface area contributed by atoms with Crippen molar-refractivity contribution in [2.45, 2.75) is 39.0 Å². The van der Waals surface area contributed by atoms with Crippen LogP contribution >= 0.6 is 35.7 Å². The molecular weight excluding hydrogens is 411 g/mol. The van der Waals surface area contributed by atoms with Crippen molar-refractivity contribution < 1.29 is 4.79 Å². The Morgan fingerprint density at radius 3 is 2.86 bits per heavy atom. The highest BCUT2D eigenvalue weighted by Gasteiger charge is 2.23. The summed E-state index contributed by atoms with van der Waals surface area (Å²) in [6.07, 6.45) is 7.17. The number of hydrogen-bond donors (Lipinski definition) is 2. The van der Waals surface area contributed by atoms with E-state index in [0.717, 1.165) is 51.4 Å². The molecule has 0 aliphatic carbocycles. The highest BCUT2D eigenvalue weighted by Crippen LogP contribution is 2.19. The van der Waals surface area contributed by atoms with Crippen LogP contribution in [0.25, 0.3) is 0 Å². The maximum atomic E-state index is 11.1. The monoisotopic (exact) mass is 442 g/mol. The zero-order valence-corrected chi connectivity index (χ0v) is 17.0. The van der Waals surface area contributed by atoms with Gasteiger partial charge in [-0.15, -0.1) is 24.0 Å². The number of nitrogens with two attached hydrogens (primary N) is 1. The number of carbonyl (C=O) groups excluding carboxylic acids is 1. The second-order valence-corrected chi connectivity index (χ2v) is 6.55. The van der Waals surface area contributed by atoms with Gasteiger partial charge in [0.2, 0.25) is 5.91 Å². The average molecular weight is 442 g/mol. The van der Waals surface area contributed by atoms with Gasteiger partial charge in [0.15, 0.2) is 5.96 Å². The minimum Gasteiger partial charge on any atom is -0.370 e. The van der Waals surface area contributed by atoms with Crippen LogP contribution in [-0.2, 0) is 4.79 Å². The van der Waals surface area contributed by atoms with Crippen molar-refractivity contribution in [1.82, 2.24) is 10.2 Å². The van der Waals surface area contributed by atoms with Crippen LogP contribution in [-0.4, -0.2) is 55.0 Å². The summed E-state index contributed by atoms with van der Waals surface area (Å²) in [4.78, 5) is 18.1. The predicted octanol–water partition coefficient (Wildman–Crippen LogP) is 2.30. The van der Waals surface area contributed by atoms with E-state index < -0.39 is 0 Å². The van der Waals surface area contributed by atoms with Crippen molar-refractivity contribution in [1.29, 1.82) is 0 Å². The molecule has 1 aliphatic rings. The van der Waals surface area contributed by atoms with Gasteiger partial charge in [0.05, 0.1) is 0 Å². The van der Waals surface area contributed by atoms with Crippen molar-refractivity contribution >= 4 is 47.6 Å². The second-order valence-electron chi connectivity index (χ2n) is 5.56. The number of halogens is 1. The Morgan fingerprint density at radius 1 is 1.45 bits per heavy atom. The molecule has 5 nitrogen and oxygen atoms in total. The van der Waals surface area contributed by atoms with Crippen LogP contribution < -0.4 is 11.1 Å². The van der Waals surface area contributed by atoms with Crippen LogP contribution in [0.3, 0.4) is 0 Å². The zero-order valence-electron chi connectivity index (χ0n) is 13.8. The summed E-state index contributed by atoms with van der Waals surface area (Å²) >= 11 is 1.89. The summed E-state index contributed by atoms with van der Waals surface area (Å²) in [5.74, 6) is 2.38. The zero-order chi connectivity index (χ0) is 15.5. The molecule has 0 spiro atoms. The third kappa shape index (κ3) is 9.07. The number of thioether (sulfide) groups is 1. The number of rotatable bonds is 8. The minimum atomic E-state index is -0.194. The number of nitrogens with zero attached hydrogens (tertiary/aromatic N) is 2. The van der Waals surface area contributed by atoms with Gasteiger partial charge in [-0.3, -0.25) is 9.79 Å². The van der Waals surface area contributed by atoms with Gasteiger partial charge in [0, 0.05) is 32.6 Å². The molecule has 1 rings (SSSR count). The molecule has 130 valence electrons. The lowest BCUT2D eigenvalue weighted by atomic mass is 9.95. The van der Waals surface area contributed by atoms with Crippen LogP contribution in [0, 0.1) is 5.92 Å². The summed E-state index contributed by atoms with van der Waals surface area (Å²) < 4.78 is 0. The molecule has 1 saturated heterocycles. The van der Waals surface area contributed by atoms with E-state index in [-0.39, 0.29) is 29.9 Å². The summed E-state index contributed by atoms with van der Waals surface area (Å²) in [6, 6.07) is 0. The molecule has 3 N–H and O–H groups in total. The van der Waals surface area contributed by atoms with Crippen LogP contribution in [0.1, 0.15) is 39.0 Å². The van der Waals surface area contributed by atoms with Crippen molar-refractivity contribution in [3.05, 3.63) is 0 Å². The fourth-order valence-corrected chi connectivity index (χ4v) is 3.17.